The van der Waals surface area contributed by atoms with E-state index in [4.69, 9.17) is 14.6 Å². The third-order valence-electron chi connectivity index (χ3n) is 4.01. The summed E-state index contributed by atoms with van der Waals surface area (Å²) in [6, 6.07) is 6.14. The maximum Gasteiger partial charge on any atom is 0.394 e. The molecular formula is C16H18F3NO5. The van der Waals surface area contributed by atoms with Gasteiger partial charge >= 0.3 is 12.1 Å². The number of para-hydroxylation sites is 1. The van der Waals surface area contributed by atoms with E-state index in [0.717, 1.165) is 4.90 Å². The van der Waals surface area contributed by atoms with Gasteiger partial charge in [-0.25, -0.2) is 0 Å². The lowest BCUT2D eigenvalue weighted by Crippen LogP contribution is -2.34. The molecule has 0 bridgehead atoms. The van der Waals surface area contributed by atoms with Gasteiger partial charge < -0.3 is 19.5 Å². The number of hydrogen-bond donors (Lipinski definition) is 1. The van der Waals surface area contributed by atoms with E-state index in [-0.39, 0.29) is 24.5 Å². The minimum absolute atomic E-state index is 0.0885. The number of hydrogen-bond acceptors (Lipinski definition) is 4. The number of benzene rings is 1. The lowest BCUT2D eigenvalue weighted by molar-refractivity contribution is -0.187. The molecule has 6 nitrogen and oxygen atoms in total. The first-order chi connectivity index (χ1) is 11.8. The summed E-state index contributed by atoms with van der Waals surface area (Å²) in [7, 11) is 1.48. The van der Waals surface area contributed by atoms with E-state index >= 15 is 0 Å². The normalized spacial score (nSPS) is 20.6. The Bertz CT molecular complexity index is 634. The topological polar surface area (TPSA) is 76.1 Å². The van der Waals surface area contributed by atoms with Crippen LogP contribution in [0.5, 0.6) is 5.75 Å². The number of rotatable bonds is 6. The molecule has 1 aromatic carbocycles. The number of amides is 1. The first-order valence-electron chi connectivity index (χ1n) is 7.55. The lowest BCUT2D eigenvalue weighted by atomic mass is 9.96. The highest BCUT2D eigenvalue weighted by Gasteiger charge is 2.53. The molecule has 1 aromatic rings. The summed E-state index contributed by atoms with van der Waals surface area (Å²) in [5.41, 5.74) is 0.0885. The van der Waals surface area contributed by atoms with Gasteiger partial charge in [-0.15, -0.1) is 0 Å². The van der Waals surface area contributed by atoms with Crippen LogP contribution in [0.15, 0.2) is 24.3 Å². The van der Waals surface area contributed by atoms with Gasteiger partial charge in [0.25, 0.3) is 5.91 Å². The molecule has 0 unspecified atom stereocenters. The zero-order chi connectivity index (χ0) is 18.6. The lowest BCUT2D eigenvalue weighted by Gasteiger charge is -2.19. The molecule has 1 saturated heterocycles. The van der Waals surface area contributed by atoms with Crippen LogP contribution in [0.25, 0.3) is 0 Å². The molecule has 1 aliphatic heterocycles. The molecule has 2 rings (SSSR count). The predicted molar refractivity (Wildman–Crippen MR) is 80.4 cm³/mol. The molecule has 25 heavy (non-hydrogen) atoms. The van der Waals surface area contributed by atoms with Crippen molar-refractivity contribution in [2.75, 3.05) is 33.4 Å². The molecule has 9 heteroatoms. The van der Waals surface area contributed by atoms with Crippen LogP contribution >= 0.6 is 0 Å². The highest BCUT2D eigenvalue weighted by Crippen LogP contribution is 2.38. The minimum Gasteiger partial charge on any atom is -0.490 e. The van der Waals surface area contributed by atoms with Crippen LogP contribution < -0.4 is 4.74 Å². The van der Waals surface area contributed by atoms with E-state index in [9.17, 15) is 22.8 Å². The van der Waals surface area contributed by atoms with E-state index in [1.165, 1.54) is 19.2 Å². The molecular weight excluding hydrogens is 343 g/mol. The first-order valence-corrected chi connectivity index (χ1v) is 7.55. The summed E-state index contributed by atoms with van der Waals surface area (Å²) in [5.74, 6) is -5.80. The number of carbonyl (C=O) groups excluding carboxylic acids is 1. The molecule has 1 N–H and O–H groups in total. The van der Waals surface area contributed by atoms with Gasteiger partial charge in [0.05, 0.1) is 24.0 Å². The van der Waals surface area contributed by atoms with Gasteiger partial charge in [-0.05, 0) is 12.1 Å². The number of ether oxygens (including phenoxy) is 2. The standard InChI is InChI=1S/C16H18F3NO5/c1-24-6-7-25-13-5-3-2-4-10(13)14(21)20-8-11(15(22)23)12(9-20)16(17,18)19/h2-5,11-12H,6-9H2,1H3,(H,22,23)/t11-,12-/m1/s1. The van der Waals surface area contributed by atoms with Crippen LogP contribution in [0.2, 0.25) is 0 Å². The number of alkyl halides is 3. The third kappa shape index (κ3) is 4.41. The molecule has 1 aliphatic rings. The van der Waals surface area contributed by atoms with Crippen molar-refractivity contribution in [2.24, 2.45) is 11.8 Å². The Morgan fingerprint density at radius 2 is 1.92 bits per heavy atom. The number of nitrogens with zero attached hydrogens (tertiary/aromatic N) is 1. The summed E-state index contributed by atoms with van der Waals surface area (Å²) >= 11 is 0. The second-order valence-electron chi connectivity index (χ2n) is 5.64. The van der Waals surface area contributed by atoms with Crippen molar-refractivity contribution in [1.29, 1.82) is 0 Å². The van der Waals surface area contributed by atoms with Crippen LogP contribution in [0, 0.1) is 11.8 Å². The Kier molecular flexibility index (Phi) is 5.89. The summed E-state index contributed by atoms with van der Waals surface area (Å²) in [5, 5.41) is 9.04. The number of carboxylic acid groups (broad SMARTS) is 1. The number of carbonyl (C=O) groups is 2. The number of methoxy groups -OCH3 is 1. The maximum atomic E-state index is 13.1. The number of aliphatic carboxylic acids is 1. The van der Waals surface area contributed by atoms with Gasteiger partial charge in [-0.1, -0.05) is 12.1 Å². The Labute approximate surface area is 142 Å². The Balaban J connectivity index is 2.20. The van der Waals surface area contributed by atoms with Crippen LogP contribution in [0.1, 0.15) is 10.4 Å². The van der Waals surface area contributed by atoms with Crippen molar-refractivity contribution in [3.05, 3.63) is 29.8 Å². The second kappa shape index (κ2) is 7.73. The predicted octanol–water partition coefficient (Wildman–Crippen LogP) is 2.05. The van der Waals surface area contributed by atoms with Gasteiger partial charge in [-0.3, -0.25) is 9.59 Å². The van der Waals surface area contributed by atoms with Gasteiger partial charge in [0.15, 0.2) is 0 Å². The van der Waals surface area contributed by atoms with Crippen molar-refractivity contribution < 1.29 is 37.3 Å². The smallest absolute Gasteiger partial charge is 0.394 e. The molecule has 138 valence electrons. The van der Waals surface area contributed by atoms with Crippen molar-refractivity contribution in [3.8, 4) is 5.75 Å². The molecule has 2 atom stereocenters. The van der Waals surface area contributed by atoms with Gasteiger partial charge in [0.1, 0.15) is 12.4 Å². The average Bonchev–Trinajstić information content (AvgIpc) is 3.01. The second-order valence-corrected chi connectivity index (χ2v) is 5.64. The molecule has 0 spiro atoms. The van der Waals surface area contributed by atoms with E-state index in [2.05, 4.69) is 0 Å². The monoisotopic (exact) mass is 361 g/mol. The zero-order valence-corrected chi connectivity index (χ0v) is 13.5. The van der Waals surface area contributed by atoms with Crippen molar-refractivity contribution in [2.45, 2.75) is 6.18 Å². The molecule has 1 heterocycles. The summed E-state index contributed by atoms with van der Waals surface area (Å²) in [6.07, 6.45) is -4.69. The van der Waals surface area contributed by atoms with E-state index in [1.807, 2.05) is 0 Å². The third-order valence-corrected chi connectivity index (χ3v) is 4.01. The summed E-state index contributed by atoms with van der Waals surface area (Å²) in [4.78, 5) is 24.6. The summed E-state index contributed by atoms with van der Waals surface area (Å²) in [6.45, 7) is -0.732. The number of carboxylic acids is 1. The molecule has 1 amide bonds. The number of likely N-dealkylation sites (tertiary alicyclic amines) is 1. The fourth-order valence-electron chi connectivity index (χ4n) is 2.73. The first kappa shape index (κ1) is 19.0. The molecule has 0 saturated carbocycles. The molecule has 0 aliphatic carbocycles. The minimum atomic E-state index is -4.69. The van der Waals surface area contributed by atoms with Gasteiger partial charge in [0, 0.05) is 20.2 Å². The molecule has 0 radical (unpaired) electrons. The Hall–Kier alpha value is -2.29. The van der Waals surface area contributed by atoms with Crippen LogP contribution in [0.3, 0.4) is 0 Å². The molecule has 0 aromatic heterocycles. The molecule has 1 fully saturated rings. The van der Waals surface area contributed by atoms with E-state index < -0.39 is 43.0 Å². The quantitative estimate of drug-likeness (QED) is 0.785. The van der Waals surface area contributed by atoms with Crippen LogP contribution in [-0.4, -0.2) is 61.5 Å². The van der Waals surface area contributed by atoms with E-state index in [0.29, 0.717) is 0 Å². The SMILES string of the molecule is COCCOc1ccccc1C(=O)N1C[C@@H](C(F)(F)F)[C@H](C(=O)O)C1. The summed E-state index contributed by atoms with van der Waals surface area (Å²) < 4.78 is 49.4. The van der Waals surface area contributed by atoms with Crippen molar-refractivity contribution in [1.82, 2.24) is 4.90 Å². The van der Waals surface area contributed by atoms with Gasteiger partial charge in [-0.2, -0.15) is 13.2 Å². The van der Waals surface area contributed by atoms with E-state index in [1.54, 1.807) is 12.1 Å². The average molecular weight is 361 g/mol. The fraction of sp³-hybridized carbons (Fsp3) is 0.500. The number of halogens is 3. The van der Waals surface area contributed by atoms with Crippen molar-refractivity contribution in [3.63, 3.8) is 0 Å². The van der Waals surface area contributed by atoms with Crippen LogP contribution in [0.4, 0.5) is 13.2 Å². The van der Waals surface area contributed by atoms with Gasteiger partial charge in [0.2, 0.25) is 0 Å². The maximum absolute atomic E-state index is 13.1. The Morgan fingerprint density at radius 3 is 2.48 bits per heavy atom. The Morgan fingerprint density at radius 1 is 1.24 bits per heavy atom. The van der Waals surface area contributed by atoms with Crippen LogP contribution in [-0.2, 0) is 9.53 Å². The van der Waals surface area contributed by atoms with Crippen molar-refractivity contribution >= 4 is 11.9 Å². The fourth-order valence-corrected chi connectivity index (χ4v) is 2.73. The highest BCUT2D eigenvalue weighted by atomic mass is 19.4. The highest BCUT2D eigenvalue weighted by molar-refractivity contribution is 5.97. The largest absolute Gasteiger partial charge is 0.490 e. The zero-order valence-electron chi connectivity index (χ0n) is 13.5.